The molecule has 0 radical (unpaired) electrons. The molecule has 0 spiro atoms. The van der Waals surface area contributed by atoms with Crippen molar-refractivity contribution in [1.82, 2.24) is 14.5 Å². The summed E-state index contributed by atoms with van der Waals surface area (Å²) >= 11 is 0. The summed E-state index contributed by atoms with van der Waals surface area (Å²) in [7, 11) is 0. The van der Waals surface area contributed by atoms with E-state index in [-0.39, 0.29) is 11.8 Å². The second kappa shape index (κ2) is 4.55. The maximum Gasteiger partial charge on any atom is 0.261 e. The number of fused-ring (bicyclic) bond motifs is 2. The Labute approximate surface area is 122 Å². The minimum atomic E-state index is -0.192. The third-order valence-electron chi connectivity index (χ3n) is 4.18. The summed E-state index contributed by atoms with van der Waals surface area (Å²) in [4.78, 5) is 30.4. The number of hydrogen-bond acceptors (Lipinski definition) is 3. The number of carbonyl (C=O) groups is 2. The highest BCUT2D eigenvalue weighted by Gasteiger charge is 2.34. The van der Waals surface area contributed by atoms with E-state index in [1.165, 1.54) is 4.90 Å². The molecule has 4 rings (SSSR count). The van der Waals surface area contributed by atoms with Gasteiger partial charge < -0.3 is 4.57 Å². The summed E-state index contributed by atoms with van der Waals surface area (Å²) in [6, 6.07) is 6.99. The van der Waals surface area contributed by atoms with Gasteiger partial charge in [0.25, 0.3) is 11.8 Å². The lowest BCUT2D eigenvalue weighted by Crippen LogP contribution is -2.31. The summed E-state index contributed by atoms with van der Waals surface area (Å²) in [6.45, 7) is 1.41. The first kappa shape index (κ1) is 12.3. The summed E-state index contributed by atoms with van der Waals surface area (Å²) in [5.74, 6) is 0.733. The number of aromatic nitrogens is 2. The third-order valence-corrected chi connectivity index (χ3v) is 4.18. The van der Waals surface area contributed by atoms with E-state index in [2.05, 4.69) is 9.55 Å². The Morgan fingerprint density at radius 2 is 1.81 bits per heavy atom. The van der Waals surface area contributed by atoms with Gasteiger partial charge in [-0.1, -0.05) is 12.1 Å². The Bertz CT molecular complexity index is 691. The van der Waals surface area contributed by atoms with Gasteiger partial charge in [0.05, 0.1) is 16.8 Å². The third kappa shape index (κ3) is 1.88. The Kier molecular flexibility index (Phi) is 2.67. The molecule has 106 valence electrons. The van der Waals surface area contributed by atoms with Gasteiger partial charge >= 0.3 is 0 Å². The molecule has 1 aromatic carbocycles. The van der Waals surface area contributed by atoms with Crippen molar-refractivity contribution in [2.24, 2.45) is 0 Å². The van der Waals surface area contributed by atoms with Crippen molar-refractivity contribution in [1.29, 1.82) is 0 Å². The van der Waals surface area contributed by atoms with Gasteiger partial charge in [0.2, 0.25) is 0 Å². The molecule has 0 fully saturated rings. The fourth-order valence-corrected chi connectivity index (χ4v) is 3.10. The van der Waals surface area contributed by atoms with E-state index >= 15 is 0 Å². The second-order valence-corrected chi connectivity index (χ2v) is 5.50. The molecule has 0 atom stereocenters. The number of imidazole rings is 1. The Morgan fingerprint density at radius 1 is 1.10 bits per heavy atom. The van der Waals surface area contributed by atoms with E-state index in [0.717, 1.165) is 30.9 Å². The van der Waals surface area contributed by atoms with Crippen molar-refractivity contribution in [3.05, 3.63) is 53.1 Å². The highest BCUT2D eigenvalue weighted by atomic mass is 16.2. The lowest BCUT2D eigenvalue weighted by molar-refractivity contribution is 0.0656. The SMILES string of the molecule is O=C1c2ccccc2C(=O)N1CCc1cn2c(n1)CCC2. The number of carbonyl (C=O) groups excluding carboxylic acids is 2. The molecule has 2 aliphatic rings. The van der Waals surface area contributed by atoms with Crippen LogP contribution in [0, 0.1) is 0 Å². The second-order valence-electron chi connectivity index (χ2n) is 5.50. The predicted molar refractivity (Wildman–Crippen MR) is 76.1 cm³/mol. The first-order valence-electron chi connectivity index (χ1n) is 7.24. The Hall–Kier alpha value is -2.43. The molecule has 21 heavy (non-hydrogen) atoms. The number of benzene rings is 1. The van der Waals surface area contributed by atoms with Crippen molar-refractivity contribution in [2.45, 2.75) is 25.8 Å². The first-order valence-corrected chi connectivity index (χ1v) is 7.24. The van der Waals surface area contributed by atoms with Crippen LogP contribution < -0.4 is 0 Å². The van der Waals surface area contributed by atoms with E-state index in [1.807, 2.05) is 6.20 Å². The highest BCUT2D eigenvalue weighted by molar-refractivity contribution is 6.21. The number of aryl methyl sites for hydroxylation is 2. The molecule has 0 saturated heterocycles. The van der Waals surface area contributed by atoms with E-state index in [1.54, 1.807) is 24.3 Å². The molecule has 5 nitrogen and oxygen atoms in total. The Morgan fingerprint density at radius 3 is 2.48 bits per heavy atom. The smallest absolute Gasteiger partial charge is 0.261 e. The fraction of sp³-hybridized carbons (Fsp3) is 0.312. The number of imide groups is 1. The summed E-state index contributed by atoms with van der Waals surface area (Å²) < 4.78 is 2.16. The molecule has 2 aromatic rings. The van der Waals surface area contributed by atoms with Gasteiger partial charge in [0.1, 0.15) is 5.82 Å². The number of hydrogen-bond donors (Lipinski definition) is 0. The molecule has 5 heteroatoms. The van der Waals surface area contributed by atoms with Crippen molar-refractivity contribution in [3.63, 3.8) is 0 Å². The van der Waals surface area contributed by atoms with Gasteiger partial charge in [-0.3, -0.25) is 14.5 Å². The molecule has 0 N–H and O–H groups in total. The van der Waals surface area contributed by atoms with Crippen LogP contribution in [0.2, 0.25) is 0 Å². The van der Waals surface area contributed by atoms with Crippen LogP contribution >= 0.6 is 0 Å². The topological polar surface area (TPSA) is 55.2 Å². The number of nitrogens with zero attached hydrogens (tertiary/aromatic N) is 3. The van der Waals surface area contributed by atoms with Crippen LogP contribution in [-0.2, 0) is 19.4 Å². The molecule has 0 aliphatic carbocycles. The number of amides is 2. The van der Waals surface area contributed by atoms with Gasteiger partial charge in [-0.15, -0.1) is 0 Å². The van der Waals surface area contributed by atoms with Crippen LogP contribution in [0.5, 0.6) is 0 Å². The van der Waals surface area contributed by atoms with E-state index in [4.69, 9.17) is 0 Å². The van der Waals surface area contributed by atoms with Crippen molar-refractivity contribution in [3.8, 4) is 0 Å². The quantitative estimate of drug-likeness (QED) is 0.804. The average molecular weight is 281 g/mol. The van der Waals surface area contributed by atoms with Gasteiger partial charge in [-0.25, -0.2) is 4.98 Å². The maximum atomic E-state index is 12.2. The molecule has 0 unspecified atom stereocenters. The monoisotopic (exact) mass is 281 g/mol. The summed E-state index contributed by atoms with van der Waals surface area (Å²) in [5.41, 5.74) is 1.98. The van der Waals surface area contributed by atoms with Crippen LogP contribution in [0.3, 0.4) is 0 Å². The van der Waals surface area contributed by atoms with Crippen molar-refractivity contribution < 1.29 is 9.59 Å². The molecular weight excluding hydrogens is 266 g/mol. The first-order chi connectivity index (χ1) is 10.2. The molecule has 1 aromatic heterocycles. The lowest BCUT2D eigenvalue weighted by Gasteiger charge is -2.12. The zero-order chi connectivity index (χ0) is 14.4. The normalized spacial score (nSPS) is 16.5. The average Bonchev–Trinajstić information content (AvgIpc) is 3.13. The van der Waals surface area contributed by atoms with Crippen LogP contribution in [0.4, 0.5) is 0 Å². The minimum absolute atomic E-state index is 0.192. The Balaban J connectivity index is 1.51. The fourth-order valence-electron chi connectivity index (χ4n) is 3.10. The van der Waals surface area contributed by atoms with Crippen molar-refractivity contribution in [2.75, 3.05) is 6.54 Å². The van der Waals surface area contributed by atoms with Crippen LogP contribution in [0.1, 0.15) is 38.7 Å². The zero-order valence-electron chi connectivity index (χ0n) is 11.6. The minimum Gasteiger partial charge on any atom is -0.335 e. The highest BCUT2D eigenvalue weighted by Crippen LogP contribution is 2.23. The standard InChI is InChI=1S/C16H15N3O2/c20-15-12-4-1-2-5-13(12)16(21)19(15)9-7-11-10-18-8-3-6-14(18)17-11/h1-2,4-5,10H,3,6-9H2. The molecule has 2 aliphatic heterocycles. The summed E-state index contributed by atoms with van der Waals surface area (Å²) in [6.07, 6.45) is 4.83. The lowest BCUT2D eigenvalue weighted by atomic mass is 10.1. The van der Waals surface area contributed by atoms with Crippen LogP contribution in [-0.4, -0.2) is 32.8 Å². The molecule has 2 amide bonds. The van der Waals surface area contributed by atoms with E-state index in [9.17, 15) is 9.59 Å². The predicted octanol–water partition coefficient (Wildman–Crippen LogP) is 1.67. The maximum absolute atomic E-state index is 12.2. The molecular formula is C16H15N3O2. The summed E-state index contributed by atoms with van der Waals surface area (Å²) in [5, 5.41) is 0. The number of rotatable bonds is 3. The van der Waals surface area contributed by atoms with E-state index < -0.39 is 0 Å². The van der Waals surface area contributed by atoms with Gasteiger partial charge in [0.15, 0.2) is 0 Å². The zero-order valence-corrected chi connectivity index (χ0v) is 11.6. The van der Waals surface area contributed by atoms with E-state index in [0.29, 0.717) is 24.1 Å². The van der Waals surface area contributed by atoms with Gasteiger partial charge in [0, 0.05) is 32.1 Å². The van der Waals surface area contributed by atoms with Crippen LogP contribution in [0.15, 0.2) is 30.5 Å². The largest absolute Gasteiger partial charge is 0.335 e. The van der Waals surface area contributed by atoms with Gasteiger partial charge in [-0.2, -0.15) is 0 Å². The molecule has 0 saturated carbocycles. The van der Waals surface area contributed by atoms with Gasteiger partial charge in [-0.05, 0) is 18.6 Å². The van der Waals surface area contributed by atoms with Crippen LogP contribution in [0.25, 0.3) is 0 Å². The molecule has 0 bridgehead atoms. The molecule has 3 heterocycles. The van der Waals surface area contributed by atoms with Crippen molar-refractivity contribution >= 4 is 11.8 Å².